The number of carbonyl (C=O) groups is 2. The van der Waals surface area contributed by atoms with Crippen molar-refractivity contribution in [1.29, 1.82) is 0 Å². The minimum atomic E-state index is 0.0635. The van der Waals surface area contributed by atoms with E-state index in [9.17, 15) is 9.59 Å². The summed E-state index contributed by atoms with van der Waals surface area (Å²) in [5, 5.41) is 5.63. The van der Waals surface area contributed by atoms with Crippen molar-refractivity contribution >= 4 is 47.1 Å². The van der Waals surface area contributed by atoms with Crippen molar-refractivity contribution in [3.8, 4) is 0 Å². The van der Waals surface area contributed by atoms with Gasteiger partial charge in [0.05, 0.1) is 24.7 Å². The maximum Gasteiger partial charge on any atom is 0.230 e. The Morgan fingerprint density at radius 3 is 1.70 bits per heavy atom. The molecule has 0 bridgehead atoms. The second-order valence-electron chi connectivity index (χ2n) is 4.03. The molecule has 8 heteroatoms. The summed E-state index contributed by atoms with van der Waals surface area (Å²) in [4.78, 5) is 22.9. The fraction of sp³-hybridized carbons (Fsp3) is 0.833. The second-order valence-corrected chi connectivity index (χ2v) is 7.46. The second kappa shape index (κ2) is 12.7. The summed E-state index contributed by atoms with van der Waals surface area (Å²) < 4.78 is 5.33. The molecule has 2 N–H and O–H groups in total. The van der Waals surface area contributed by atoms with Gasteiger partial charge in [0.15, 0.2) is 0 Å². The predicted molar refractivity (Wildman–Crippen MR) is 88.8 cm³/mol. The normalized spacial score (nSPS) is 22.2. The summed E-state index contributed by atoms with van der Waals surface area (Å²) >= 11 is 5.19. The Morgan fingerprint density at radius 1 is 0.750 bits per heavy atom. The van der Waals surface area contributed by atoms with Gasteiger partial charge in [0.2, 0.25) is 11.8 Å². The third kappa shape index (κ3) is 10.7. The van der Waals surface area contributed by atoms with E-state index in [0.29, 0.717) is 37.8 Å². The molecule has 0 atom stereocenters. The van der Waals surface area contributed by atoms with E-state index < -0.39 is 0 Å². The van der Waals surface area contributed by atoms with Crippen LogP contribution in [0, 0.1) is 0 Å². The van der Waals surface area contributed by atoms with E-state index in [0.717, 1.165) is 23.0 Å². The van der Waals surface area contributed by atoms with Crippen molar-refractivity contribution in [2.24, 2.45) is 0 Å². The van der Waals surface area contributed by atoms with Gasteiger partial charge in [-0.1, -0.05) is 0 Å². The molecule has 0 aromatic heterocycles. The van der Waals surface area contributed by atoms with Crippen LogP contribution < -0.4 is 10.6 Å². The topological polar surface area (TPSA) is 67.4 Å². The van der Waals surface area contributed by atoms with Gasteiger partial charge in [-0.3, -0.25) is 9.59 Å². The largest absolute Gasteiger partial charge is 0.378 e. The lowest BCUT2D eigenvalue weighted by molar-refractivity contribution is -0.119. The number of nitrogens with one attached hydrogen (secondary N) is 2. The molecule has 20 heavy (non-hydrogen) atoms. The number of rotatable bonds is 0. The first kappa shape index (κ1) is 18.0. The van der Waals surface area contributed by atoms with Gasteiger partial charge in [-0.15, -0.1) is 0 Å². The van der Waals surface area contributed by atoms with Crippen molar-refractivity contribution in [1.82, 2.24) is 10.6 Å². The highest BCUT2D eigenvalue weighted by atomic mass is 32.2. The van der Waals surface area contributed by atoms with Gasteiger partial charge in [0, 0.05) is 36.1 Å². The molecule has 0 aromatic rings. The number of amides is 2. The van der Waals surface area contributed by atoms with Crippen LogP contribution in [-0.2, 0) is 14.3 Å². The summed E-state index contributed by atoms with van der Waals surface area (Å²) in [6.07, 6.45) is 0. The molecule has 0 saturated carbocycles. The van der Waals surface area contributed by atoms with Crippen LogP contribution in [-0.4, -0.2) is 72.6 Å². The molecule has 116 valence electrons. The Hall–Kier alpha value is -0.0500. The van der Waals surface area contributed by atoms with Crippen LogP contribution in [0.15, 0.2) is 0 Å². The van der Waals surface area contributed by atoms with Crippen molar-refractivity contribution in [2.75, 3.05) is 60.8 Å². The SMILES string of the molecule is O=C1CSCCSCCSCC(=O)NCCOCCN1. The van der Waals surface area contributed by atoms with Gasteiger partial charge < -0.3 is 15.4 Å². The summed E-state index contributed by atoms with van der Waals surface area (Å²) in [7, 11) is 0. The molecule has 0 radical (unpaired) electrons. The molecule has 1 heterocycles. The van der Waals surface area contributed by atoms with Crippen LogP contribution in [0.4, 0.5) is 0 Å². The zero-order chi connectivity index (χ0) is 14.5. The number of thioether (sulfide) groups is 3. The van der Waals surface area contributed by atoms with Gasteiger partial charge in [0.25, 0.3) is 0 Å². The van der Waals surface area contributed by atoms with Gasteiger partial charge in [-0.25, -0.2) is 0 Å². The van der Waals surface area contributed by atoms with Crippen LogP contribution in [0.5, 0.6) is 0 Å². The number of ether oxygens (including phenoxy) is 1. The number of carbonyl (C=O) groups excluding carboxylic acids is 2. The highest BCUT2D eigenvalue weighted by molar-refractivity contribution is 8.04. The van der Waals surface area contributed by atoms with Crippen LogP contribution in [0.3, 0.4) is 0 Å². The van der Waals surface area contributed by atoms with E-state index in [1.807, 2.05) is 11.8 Å². The molecule has 0 unspecified atom stereocenters. The molecule has 2 amide bonds. The lowest BCUT2D eigenvalue weighted by atomic mass is 10.6. The summed E-state index contributed by atoms with van der Waals surface area (Å²) in [6, 6.07) is 0. The number of hydrogen-bond donors (Lipinski definition) is 2. The Bertz CT molecular complexity index is 267. The van der Waals surface area contributed by atoms with Crippen LogP contribution in [0.25, 0.3) is 0 Å². The first-order chi connectivity index (χ1) is 9.79. The van der Waals surface area contributed by atoms with E-state index in [2.05, 4.69) is 10.6 Å². The van der Waals surface area contributed by atoms with E-state index >= 15 is 0 Å². The summed E-state index contributed by atoms with van der Waals surface area (Å²) in [5.41, 5.74) is 0. The average molecular weight is 339 g/mol. The minimum Gasteiger partial charge on any atom is -0.378 e. The van der Waals surface area contributed by atoms with Gasteiger partial charge >= 0.3 is 0 Å². The van der Waals surface area contributed by atoms with Crippen LogP contribution in [0.2, 0.25) is 0 Å². The van der Waals surface area contributed by atoms with Crippen molar-refractivity contribution in [2.45, 2.75) is 0 Å². The Kier molecular flexibility index (Phi) is 11.4. The third-order valence-corrected chi connectivity index (χ3v) is 5.77. The van der Waals surface area contributed by atoms with Crippen molar-refractivity contribution < 1.29 is 14.3 Å². The molecular formula is C12H22N2O3S3. The monoisotopic (exact) mass is 338 g/mol. The summed E-state index contributed by atoms with van der Waals surface area (Å²) in [6.45, 7) is 2.02. The van der Waals surface area contributed by atoms with E-state index in [4.69, 9.17) is 4.74 Å². The van der Waals surface area contributed by atoms with Gasteiger partial charge in [-0.05, 0) is 0 Å². The third-order valence-electron chi connectivity index (χ3n) is 2.35. The van der Waals surface area contributed by atoms with Crippen LogP contribution >= 0.6 is 35.3 Å². The Balaban J connectivity index is 2.19. The molecule has 1 aliphatic heterocycles. The molecule has 0 aromatic carbocycles. The summed E-state index contributed by atoms with van der Waals surface area (Å²) in [5.74, 6) is 5.24. The number of hydrogen-bond acceptors (Lipinski definition) is 6. The van der Waals surface area contributed by atoms with Gasteiger partial charge in [0.1, 0.15) is 0 Å². The van der Waals surface area contributed by atoms with E-state index in [-0.39, 0.29) is 11.8 Å². The van der Waals surface area contributed by atoms with E-state index in [1.165, 1.54) is 0 Å². The standard InChI is InChI=1S/C12H22N2O3S3/c15-11-9-19-7-5-18-6-8-20-10-12(16)14-2-4-17-3-1-13-11/h1-10H2,(H,13,15)(H,14,16). The van der Waals surface area contributed by atoms with Crippen molar-refractivity contribution in [3.63, 3.8) is 0 Å². The highest BCUT2D eigenvalue weighted by Crippen LogP contribution is 2.10. The quantitative estimate of drug-likeness (QED) is 0.668. The maximum atomic E-state index is 11.5. The molecule has 0 aliphatic carbocycles. The van der Waals surface area contributed by atoms with E-state index in [1.54, 1.807) is 23.5 Å². The maximum absolute atomic E-state index is 11.5. The zero-order valence-electron chi connectivity index (χ0n) is 11.5. The Labute approximate surface area is 133 Å². The molecule has 1 saturated heterocycles. The lowest BCUT2D eigenvalue weighted by Crippen LogP contribution is -2.31. The molecule has 5 nitrogen and oxygen atoms in total. The fourth-order valence-electron chi connectivity index (χ4n) is 1.40. The zero-order valence-corrected chi connectivity index (χ0v) is 14.0. The van der Waals surface area contributed by atoms with Crippen LogP contribution in [0.1, 0.15) is 0 Å². The first-order valence-corrected chi connectivity index (χ1v) is 10.1. The molecule has 1 fully saturated rings. The average Bonchev–Trinajstić information content (AvgIpc) is 2.43. The molecule has 0 spiro atoms. The molecular weight excluding hydrogens is 316 g/mol. The first-order valence-electron chi connectivity index (χ1n) is 6.63. The van der Waals surface area contributed by atoms with Gasteiger partial charge in [-0.2, -0.15) is 35.3 Å². The molecule has 1 rings (SSSR count). The highest BCUT2D eigenvalue weighted by Gasteiger charge is 2.03. The predicted octanol–water partition coefficient (Wildman–Crippen LogP) is 0.449. The Morgan fingerprint density at radius 2 is 1.20 bits per heavy atom. The van der Waals surface area contributed by atoms with Crippen molar-refractivity contribution in [3.05, 3.63) is 0 Å². The lowest BCUT2D eigenvalue weighted by Gasteiger charge is -2.08. The fourth-order valence-corrected chi connectivity index (χ4v) is 4.35. The smallest absolute Gasteiger partial charge is 0.230 e. The minimum absolute atomic E-state index is 0.0635. The molecule has 1 aliphatic rings.